The highest BCUT2D eigenvalue weighted by molar-refractivity contribution is 5.31. The lowest BCUT2D eigenvalue weighted by Crippen LogP contribution is -2.78. The molecule has 6 aliphatic rings. The molecule has 29 heavy (non-hydrogen) atoms. The Kier molecular flexibility index (Phi) is 3.53. The average Bonchev–Trinajstić information content (AvgIpc) is 3.43. The number of methoxy groups -OCH3 is 1. The average molecular weight is 400 g/mol. The number of aliphatic hydroxyl groups is 1. The van der Waals surface area contributed by atoms with Gasteiger partial charge in [-0.05, 0) is 12.0 Å². The SMILES string of the molecule is COC[C@@]12C[C@H](O)[C@@]34O[C@@H]5C[C@@H](O[C@@H]53)C4C1[C@H]1C[C@@H](OCc3ccccc3)[C@@H]2O1. The second kappa shape index (κ2) is 5.81. The highest BCUT2D eigenvalue weighted by Gasteiger charge is 2.84. The van der Waals surface area contributed by atoms with E-state index in [1.165, 1.54) is 5.56 Å². The Morgan fingerprint density at radius 2 is 1.83 bits per heavy atom. The lowest BCUT2D eigenvalue weighted by Gasteiger charge is -2.65. The maximum absolute atomic E-state index is 11.3. The van der Waals surface area contributed by atoms with Crippen LogP contribution in [0.2, 0.25) is 0 Å². The molecule has 5 heterocycles. The van der Waals surface area contributed by atoms with Crippen molar-refractivity contribution in [1.29, 1.82) is 0 Å². The van der Waals surface area contributed by atoms with Crippen molar-refractivity contribution in [3.8, 4) is 0 Å². The summed E-state index contributed by atoms with van der Waals surface area (Å²) < 4.78 is 31.3. The van der Waals surface area contributed by atoms with Crippen LogP contribution in [-0.2, 0) is 30.3 Å². The monoisotopic (exact) mass is 400 g/mol. The molecule has 1 spiro atoms. The van der Waals surface area contributed by atoms with Gasteiger partial charge in [0.2, 0.25) is 0 Å². The van der Waals surface area contributed by atoms with Crippen LogP contribution in [0.3, 0.4) is 0 Å². The molecule has 6 nitrogen and oxygen atoms in total. The van der Waals surface area contributed by atoms with Crippen LogP contribution in [0.4, 0.5) is 0 Å². The Hall–Kier alpha value is -1.02. The molecule has 7 rings (SSSR count). The lowest BCUT2D eigenvalue weighted by atomic mass is 9.46. The largest absolute Gasteiger partial charge is 0.390 e. The second-order valence-corrected chi connectivity index (χ2v) is 9.94. The molecule has 0 aromatic heterocycles. The molecular weight excluding hydrogens is 372 g/mol. The summed E-state index contributed by atoms with van der Waals surface area (Å²) in [5.74, 6) is 0.491. The molecule has 156 valence electrons. The molecule has 1 aromatic carbocycles. The van der Waals surface area contributed by atoms with E-state index in [4.69, 9.17) is 23.7 Å². The summed E-state index contributed by atoms with van der Waals surface area (Å²) in [5.41, 5.74) is 0.422. The number of fused-ring (bicyclic) bond motifs is 8. The van der Waals surface area contributed by atoms with Gasteiger partial charge in [0.15, 0.2) is 0 Å². The molecule has 1 saturated carbocycles. The van der Waals surface area contributed by atoms with Gasteiger partial charge in [0.25, 0.3) is 0 Å². The minimum absolute atomic E-state index is 0.0300. The summed E-state index contributed by atoms with van der Waals surface area (Å²) in [6.07, 6.45) is 2.48. The van der Waals surface area contributed by atoms with E-state index in [0.29, 0.717) is 25.6 Å². The van der Waals surface area contributed by atoms with Crippen molar-refractivity contribution in [3.63, 3.8) is 0 Å². The molecule has 4 bridgehead atoms. The van der Waals surface area contributed by atoms with Gasteiger partial charge < -0.3 is 28.8 Å². The zero-order chi connectivity index (χ0) is 19.4. The van der Waals surface area contributed by atoms with E-state index in [2.05, 4.69) is 12.1 Å². The van der Waals surface area contributed by atoms with Gasteiger partial charge >= 0.3 is 0 Å². The predicted octanol–water partition coefficient (Wildman–Crippen LogP) is 1.68. The molecule has 6 fully saturated rings. The van der Waals surface area contributed by atoms with Gasteiger partial charge in [-0.3, -0.25) is 0 Å². The zero-order valence-corrected chi connectivity index (χ0v) is 16.6. The zero-order valence-electron chi connectivity index (χ0n) is 16.6. The summed E-state index contributed by atoms with van der Waals surface area (Å²) in [4.78, 5) is 0. The van der Waals surface area contributed by atoms with E-state index in [1.54, 1.807) is 7.11 Å². The number of hydrogen-bond donors (Lipinski definition) is 1. The van der Waals surface area contributed by atoms with Crippen LogP contribution in [0.15, 0.2) is 30.3 Å². The fourth-order valence-corrected chi connectivity index (χ4v) is 8.02. The standard InChI is InChI=1S/C23H28O6/c1-25-11-22-9-17(24)23-19(14-8-16(29-23)21(23)28-14)18(22)13-7-15(20(22)27-13)26-10-12-5-3-2-4-6-12/h2-6,13-21,24H,7-11H2,1H3/t13-,14-,15-,16-,17+,18?,19?,20+,21+,22+,23+/m1/s1. The quantitative estimate of drug-likeness (QED) is 0.811. The van der Waals surface area contributed by atoms with E-state index in [-0.39, 0.29) is 48.0 Å². The Morgan fingerprint density at radius 1 is 1.03 bits per heavy atom. The summed E-state index contributed by atoms with van der Waals surface area (Å²) in [7, 11) is 1.75. The predicted molar refractivity (Wildman–Crippen MR) is 101 cm³/mol. The van der Waals surface area contributed by atoms with E-state index < -0.39 is 11.7 Å². The molecule has 0 radical (unpaired) electrons. The van der Waals surface area contributed by atoms with Gasteiger partial charge in [-0.25, -0.2) is 0 Å². The fourth-order valence-electron chi connectivity index (χ4n) is 8.02. The highest BCUT2D eigenvalue weighted by atomic mass is 16.7. The van der Waals surface area contributed by atoms with Gasteiger partial charge in [0, 0.05) is 37.2 Å². The third-order valence-electron chi connectivity index (χ3n) is 8.80. The maximum Gasteiger partial charge on any atom is 0.129 e. The fraction of sp³-hybridized carbons (Fsp3) is 0.739. The highest BCUT2D eigenvalue weighted by Crippen LogP contribution is 2.72. The number of aliphatic hydroxyl groups excluding tert-OH is 1. The minimum atomic E-state index is -0.539. The van der Waals surface area contributed by atoms with Crippen molar-refractivity contribution in [1.82, 2.24) is 0 Å². The molecule has 1 aliphatic carbocycles. The van der Waals surface area contributed by atoms with Gasteiger partial charge in [0.05, 0.1) is 49.8 Å². The van der Waals surface area contributed by atoms with E-state index >= 15 is 0 Å². The first-order valence-corrected chi connectivity index (χ1v) is 11.0. The Morgan fingerprint density at radius 3 is 2.66 bits per heavy atom. The maximum atomic E-state index is 11.3. The van der Waals surface area contributed by atoms with Gasteiger partial charge in [-0.1, -0.05) is 30.3 Å². The van der Waals surface area contributed by atoms with Crippen LogP contribution >= 0.6 is 0 Å². The molecule has 11 atom stereocenters. The summed E-state index contributed by atoms with van der Waals surface area (Å²) >= 11 is 0. The summed E-state index contributed by atoms with van der Waals surface area (Å²) in [6, 6.07) is 10.3. The van der Waals surface area contributed by atoms with Crippen LogP contribution in [0, 0.1) is 17.3 Å². The Balaban J connectivity index is 1.20. The van der Waals surface area contributed by atoms with Crippen LogP contribution in [0.25, 0.3) is 0 Å². The first-order chi connectivity index (χ1) is 14.2. The van der Waals surface area contributed by atoms with Crippen molar-refractivity contribution in [2.45, 2.75) is 74.2 Å². The first-order valence-electron chi connectivity index (χ1n) is 11.0. The molecule has 1 N–H and O–H groups in total. The Bertz CT molecular complexity index is 817. The lowest BCUT2D eigenvalue weighted by molar-refractivity contribution is -0.337. The molecule has 1 aromatic rings. The number of rotatable bonds is 5. The van der Waals surface area contributed by atoms with Crippen molar-refractivity contribution in [2.75, 3.05) is 13.7 Å². The van der Waals surface area contributed by atoms with Gasteiger partial charge in [0.1, 0.15) is 11.7 Å². The van der Waals surface area contributed by atoms with Crippen molar-refractivity contribution < 1.29 is 28.8 Å². The van der Waals surface area contributed by atoms with Crippen molar-refractivity contribution in [2.24, 2.45) is 17.3 Å². The van der Waals surface area contributed by atoms with Crippen LogP contribution in [0.5, 0.6) is 0 Å². The number of benzene rings is 1. The molecule has 6 heteroatoms. The number of hydrogen-bond acceptors (Lipinski definition) is 6. The van der Waals surface area contributed by atoms with E-state index in [1.807, 2.05) is 18.2 Å². The van der Waals surface area contributed by atoms with Crippen LogP contribution < -0.4 is 0 Å². The number of ether oxygens (including phenoxy) is 5. The molecule has 0 amide bonds. The van der Waals surface area contributed by atoms with Crippen LogP contribution in [0.1, 0.15) is 24.8 Å². The van der Waals surface area contributed by atoms with Crippen molar-refractivity contribution >= 4 is 0 Å². The van der Waals surface area contributed by atoms with Crippen LogP contribution in [-0.4, -0.2) is 67.2 Å². The smallest absolute Gasteiger partial charge is 0.129 e. The minimum Gasteiger partial charge on any atom is -0.390 e. The van der Waals surface area contributed by atoms with Crippen molar-refractivity contribution in [3.05, 3.63) is 35.9 Å². The molecule has 5 aliphatic heterocycles. The third-order valence-corrected chi connectivity index (χ3v) is 8.80. The topological polar surface area (TPSA) is 66.4 Å². The normalized spacial score (nSPS) is 55.6. The van der Waals surface area contributed by atoms with Gasteiger partial charge in [-0.15, -0.1) is 0 Å². The molecule has 5 saturated heterocycles. The molecule has 2 unspecified atom stereocenters. The third kappa shape index (κ3) is 1.99. The van der Waals surface area contributed by atoms with E-state index in [0.717, 1.165) is 12.8 Å². The Labute approximate surface area is 170 Å². The first kappa shape index (κ1) is 17.6. The second-order valence-electron chi connectivity index (χ2n) is 9.94. The molecular formula is C23H28O6. The summed E-state index contributed by atoms with van der Waals surface area (Å²) in [5, 5.41) is 11.3. The van der Waals surface area contributed by atoms with Gasteiger partial charge in [-0.2, -0.15) is 0 Å². The summed E-state index contributed by atoms with van der Waals surface area (Å²) in [6.45, 7) is 1.16. The van der Waals surface area contributed by atoms with E-state index in [9.17, 15) is 5.11 Å².